The Morgan fingerprint density at radius 3 is 2.50 bits per heavy atom. The fourth-order valence-electron chi connectivity index (χ4n) is 3.65. The first kappa shape index (κ1) is 17.4. The lowest BCUT2D eigenvalue weighted by molar-refractivity contribution is -0.115. The summed E-state index contributed by atoms with van der Waals surface area (Å²) in [5.41, 5.74) is 2.27. The number of nitrogens with zero attached hydrogens (tertiary/aromatic N) is 2. The van der Waals surface area contributed by atoms with Gasteiger partial charge in [-0.1, -0.05) is 30.3 Å². The van der Waals surface area contributed by atoms with Crippen LogP contribution in [0.15, 0.2) is 59.5 Å². The Morgan fingerprint density at radius 1 is 0.962 bits per heavy atom. The molecule has 1 unspecified atom stereocenters. The number of benzene rings is 2. The van der Waals surface area contributed by atoms with E-state index in [0.29, 0.717) is 0 Å². The summed E-state index contributed by atoms with van der Waals surface area (Å²) in [7, 11) is 0. The number of piperazine rings is 1. The van der Waals surface area contributed by atoms with Crippen molar-refractivity contribution < 1.29 is 4.79 Å². The second-order valence-corrected chi connectivity index (χ2v) is 8.14. The van der Waals surface area contributed by atoms with Crippen LogP contribution in [0, 0.1) is 0 Å². The Balaban J connectivity index is 1.22. The molecule has 2 aromatic rings. The summed E-state index contributed by atoms with van der Waals surface area (Å²) >= 11 is 1.71. The van der Waals surface area contributed by atoms with Gasteiger partial charge in [-0.3, -0.25) is 9.69 Å². The summed E-state index contributed by atoms with van der Waals surface area (Å²) in [5, 5.41) is 3.08. The molecule has 0 bridgehead atoms. The van der Waals surface area contributed by atoms with Crippen molar-refractivity contribution >= 4 is 29.0 Å². The molecule has 4 nitrogen and oxygen atoms in total. The van der Waals surface area contributed by atoms with Crippen molar-refractivity contribution in [1.29, 1.82) is 0 Å². The van der Waals surface area contributed by atoms with Crippen molar-refractivity contribution in [1.82, 2.24) is 4.90 Å². The summed E-state index contributed by atoms with van der Waals surface area (Å²) in [6, 6.07) is 18.7. The highest BCUT2D eigenvalue weighted by Gasteiger charge is 2.26. The first-order valence-electron chi connectivity index (χ1n) is 9.38. The van der Waals surface area contributed by atoms with Crippen molar-refractivity contribution in [2.45, 2.75) is 23.0 Å². The Morgan fingerprint density at radius 2 is 1.69 bits per heavy atom. The second kappa shape index (κ2) is 8.14. The maximum absolute atomic E-state index is 12.3. The van der Waals surface area contributed by atoms with Crippen LogP contribution in [0.1, 0.15) is 12.8 Å². The van der Waals surface area contributed by atoms with Gasteiger partial charge in [-0.05, 0) is 43.7 Å². The number of hydrogen-bond acceptors (Lipinski definition) is 4. The van der Waals surface area contributed by atoms with E-state index >= 15 is 0 Å². The van der Waals surface area contributed by atoms with Crippen molar-refractivity contribution in [3.05, 3.63) is 54.6 Å². The summed E-state index contributed by atoms with van der Waals surface area (Å²) in [6.07, 6.45) is 2.00. The van der Waals surface area contributed by atoms with E-state index in [1.807, 2.05) is 18.2 Å². The number of rotatable bonds is 5. The number of fused-ring (bicyclic) bond motifs is 1. The zero-order chi connectivity index (χ0) is 17.8. The average molecular weight is 368 g/mol. The van der Waals surface area contributed by atoms with Crippen LogP contribution in [0.5, 0.6) is 0 Å². The Labute approximate surface area is 159 Å². The van der Waals surface area contributed by atoms with E-state index < -0.39 is 0 Å². The summed E-state index contributed by atoms with van der Waals surface area (Å²) in [5.74, 6) is 0.155. The molecule has 1 N–H and O–H groups in total. The van der Waals surface area contributed by atoms with Crippen molar-refractivity contribution in [2.75, 3.05) is 42.9 Å². The number of nitrogens with one attached hydrogen (secondary N) is 1. The van der Waals surface area contributed by atoms with Crippen LogP contribution in [-0.4, -0.2) is 48.8 Å². The molecule has 2 heterocycles. The van der Waals surface area contributed by atoms with Gasteiger partial charge in [0.15, 0.2) is 0 Å². The van der Waals surface area contributed by atoms with Gasteiger partial charge in [0.2, 0.25) is 5.91 Å². The molecule has 0 radical (unpaired) electrons. The first-order valence-corrected chi connectivity index (χ1v) is 10.3. The third kappa shape index (κ3) is 4.05. The highest BCUT2D eigenvalue weighted by molar-refractivity contribution is 8.01. The number of carbonyl (C=O) groups excluding carboxylic acids is 1. The van der Waals surface area contributed by atoms with Gasteiger partial charge in [-0.2, -0.15) is 0 Å². The standard InChI is InChI=1S/C21H25N3OS/c25-21-20(26-19-10-5-4-9-18(19)22-21)11-6-12-23-13-15-24(16-14-23)17-7-2-1-3-8-17/h1-5,7-10,20H,6,11-16H2,(H,22,25). The van der Waals surface area contributed by atoms with Crippen LogP contribution in [0.4, 0.5) is 11.4 Å². The normalized spacial score (nSPS) is 20.5. The van der Waals surface area contributed by atoms with E-state index in [1.165, 1.54) is 10.6 Å². The van der Waals surface area contributed by atoms with Crippen LogP contribution in [-0.2, 0) is 4.79 Å². The van der Waals surface area contributed by atoms with Gasteiger partial charge in [0, 0.05) is 36.8 Å². The molecule has 0 aromatic heterocycles. The smallest absolute Gasteiger partial charge is 0.237 e. The van der Waals surface area contributed by atoms with E-state index in [4.69, 9.17) is 0 Å². The highest BCUT2D eigenvalue weighted by atomic mass is 32.2. The van der Waals surface area contributed by atoms with Gasteiger partial charge in [0.05, 0.1) is 10.9 Å². The fourth-order valence-corrected chi connectivity index (χ4v) is 4.81. The van der Waals surface area contributed by atoms with E-state index in [9.17, 15) is 4.79 Å². The molecule has 4 rings (SSSR count). The van der Waals surface area contributed by atoms with Crippen molar-refractivity contribution in [2.24, 2.45) is 0 Å². The van der Waals surface area contributed by atoms with Gasteiger partial charge in [0.25, 0.3) is 0 Å². The SMILES string of the molecule is O=C1Nc2ccccc2SC1CCCN1CCN(c2ccccc2)CC1. The molecule has 0 aliphatic carbocycles. The molecule has 2 aliphatic rings. The molecule has 1 amide bonds. The van der Waals surface area contributed by atoms with Gasteiger partial charge < -0.3 is 10.2 Å². The van der Waals surface area contributed by atoms with Crippen LogP contribution in [0.3, 0.4) is 0 Å². The van der Waals surface area contributed by atoms with Crippen LogP contribution in [0.2, 0.25) is 0 Å². The number of amides is 1. The monoisotopic (exact) mass is 367 g/mol. The molecule has 1 fully saturated rings. The fraction of sp³-hybridized carbons (Fsp3) is 0.381. The van der Waals surface area contributed by atoms with Crippen LogP contribution in [0.25, 0.3) is 0 Å². The zero-order valence-corrected chi connectivity index (χ0v) is 15.8. The Kier molecular flexibility index (Phi) is 5.46. The molecular weight excluding hydrogens is 342 g/mol. The van der Waals surface area contributed by atoms with Crippen molar-refractivity contribution in [3.63, 3.8) is 0 Å². The quantitative estimate of drug-likeness (QED) is 0.874. The molecule has 1 saturated heterocycles. The van der Waals surface area contributed by atoms with Gasteiger partial charge >= 0.3 is 0 Å². The summed E-state index contributed by atoms with van der Waals surface area (Å²) < 4.78 is 0. The number of hydrogen-bond donors (Lipinski definition) is 1. The third-order valence-corrected chi connectivity index (χ3v) is 6.49. The predicted molar refractivity (Wildman–Crippen MR) is 109 cm³/mol. The average Bonchev–Trinajstić information content (AvgIpc) is 2.69. The first-order chi connectivity index (χ1) is 12.8. The van der Waals surface area contributed by atoms with Crippen LogP contribution < -0.4 is 10.2 Å². The molecule has 1 atom stereocenters. The van der Waals surface area contributed by atoms with E-state index in [1.54, 1.807) is 11.8 Å². The topological polar surface area (TPSA) is 35.6 Å². The lowest BCUT2D eigenvalue weighted by Crippen LogP contribution is -2.46. The number of carbonyl (C=O) groups is 1. The lowest BCUT2D eigenvalue weighted by Gasteiger charge is -2.36. The van der Waals surface area contributed by atoms with Gasteiger partial charge in [0.1, 0.15) is 0 Å². The Hall–Kier alpha value is -1.98. The molecule has 2 aliphatic heterocycles. The van der Waals surface area contributed by atoms with E-state index in [-0.39, 0.29) is 11.2 Å². The third-order valence-electron chi connectivity index (χ3n) is 5.14. The maximum atomic E-state index is 12.3. The molecule has 2 aromatic carbocycles. The van der Waals surface area contributed by atoms with Crippen LogP contribution >= 0.6 is 11.8 Å². The number of anilines is 2. The maximum Gasteiger partial charge on any atom is 0.237 e. The number of thioether (sulfide) groups is 1. The van der Waals surface area contributed by atoms with Gasteiger partial charge in [-0.15, -0.1) is 11.8 Å². The summed E-state index contributed by atoms with van der Waals surface area (Å²) in [6.45, 7) is 5.43. The summed E-state index contributed by atoms with van der Waals surface area (Å²) in [4.78, 5) is 18.5. The second-order valence-electron chi connectivity index (χ2n) is 6.90. The zero-order valence-electron chi connectivity index (χ0n) is 14.9. The molecule has 136 valence electrons. The van der Waals surface area contributed by atoms with E-state index in [2.05, 4.69) is 51.5 Å². The van der Waals surface area contributed by atoms with E-state index in [0.717, 1.165) is 51.3 Å². The van der Waals surface area contributed by atoms with Gasteiger partial charge in [-0.25, -0.2) is 0 Å². The lowest BCUT2D eigenvalue weighted by atomic mass is 10.2. The molecule has 0 saturated carbocycles. The predicted octanol–water partition coefficient (Wildman–Crippen LogP) is 3.70. The molecule has 0 spiro atoms. The minimum Gasteiger partial charge on any atom is -0.369 e. The highest BCUT2D eigenvalue weighted by Crippen LogP contribution is 2.37. The molecule has 5 heteroatoms. The molecule has 26 heavy (non-hydrogen) atoms. The minimum absolute atomic E-state index is 0.0375. The minimum atomic E-state index is 0.0375. The number of para-hydroxylation sites is 2. The largest absolute Gasteiger partial charge is 0.369 e. The Bertz CT molecular complexity index is 744. The molecular formula is C21H25N3OS. The van der Waals surface area contributed by atoms with Crippen molar-refractivity contribution in [3.8, 4) is 0 Å².